The van der Waals surface area contributed by atoms with E-state index >= 15 is 0 Å². The van der Waals surface area contributed by atoms with Gasteiger partial charge < -0.3 is 15.6 Å². The molecule has 2 aliphatic rings. The molecule has 3 aromatic carbocycles. The Bertz CT molecular complexity index is 1290. The number of carbonyl (C=O) groups is 3. The van der Waals surface area contributed by atoms with Crippen molar-refractivity contribution >= 4 is 29.4 Å². The van der Waals surface area contributed by atoms with Gasteiger partial charge in [0, 0.05) is 12.0 Å². The number of β-lactam (4-membered cyclic amide) rings is 1. The van der Waals surface area contributed by atoms with Gasteiger partial charge in [-0.15, -0.1) is 11.8 Å². The molecule has 1 saturated heterocycles. The molecule has 0 saturated carbocycles. The van der Waals surface area contributed by atoms with Crippen molar-refractivity contribution in [1.29, 1.82) is 0 Å². The summed E-state index contributed by atoms with van der Waals surface area (Å²) in [5, 5.41) is 8.92. The Morgan fingerprint density at radius 2 is 1.46 bits per heavy atom. The van der Waals surface area contributed by atoms with E-state index in [0.717, 1.165) is 16.7 Å². The van der Waals surface area contributed by atoms with E-state index in [0.29, 0.717) is 0 Å². The number of hydrogen-bond acceptors (Lipinski definition) is 7. The van der Waals surface area contributed by atoms with Crippen molar-refractivity contribution in [3.63, 3.8) is 0 Å². The number of Topliss-reactive ketones (excluding diaryl/α,β-unsaturated/α-hetero) is 1. The predicted octanol–water partition coefficient (Wildman–Crippen LogP) is 2.99. The normalized spacial score (nSPS) is 20.9. The lowest BCUT2D eigenvalue weighted by molar-refractivity contribution is -0.153. The third-order valence-corrected chi connectivity index (χ3v) is 8.13. The molecule has 2 unspecified atom stereocenters. The van der Waals surface area contributed by atoms with E-state index in [1.807, 2.05) is 91.0 Å². The van der Waals surface area contributed by atoms with Crippen LogP contribution in [-0.4, -0.2) is 50.9 Å². The number of aliphatic hydroxyl groups is 1. The first-order valence-corrected chi connectivity index (χ1v) is 12.9. The highest BCUT2D eigenvalue weighted by Gasteiger charge is 2.55. The Labute approximate surface area is 218 Å². The van der Waals surface area contributed by atoms with Gasteiger partial charge in [0.25, 0.3) is 0 Å². The molecule has 2 heterocycles. The largest absolute Gasteiger partial charge is 0.448 e. The number of benzene rings is 3. The van der Waals surface area contributed by atoms with Gasteiger partial charge in [-0.25, -0.2) is 4.79 Å². The number of ketones is 1. The fourth-order valence-electron chi connectivity index (χ4n) is 4.66. The van der Waals surface area contributed by atoms with Gasteiger partial charge in [0.2, 0.25) is 5.91 Å². The summed E-state index contributed by atoms with van der Waals surface area (Å²) in [6, 6.07) is 26.9. The highest BCUT2D eigenvalue weighted by Crippen LogP contribution is 2.45. The summed E-state index contributed by atoms with van der Waals surface area (Å²) in [6.45, 7) is -0.574. The number of nitrogens with two attached hydrogens (primary N) is 1. The van der Waals surface area contributed by atoms with E-state index in [1.54, 1.807) is 0 Å². The minimum Gasteiger partial charge on any atom is -0.448 e. The van der Waals surface area contributed by atoms with E-state index in [2.05, 4.69) is 0 Å². The van der Waals surface area contributed by atoms with Crippen LogP contribution in [0.25, 0.3) is 0 Å². The molecule has 0 aromatic heterocycles. The topological polar surface area (TPSA) is 110 Å². The zero-order valence-corrected chi connectivity index (χ0v) is 20.7. The summed E-state index contributed by atoms with van der Waals surface area (Å²) in [7, 11) is 0. The monoisotopic (exact) mass is 514 g/mol. The zero-order valence-electron chi connectivity index (χ0n) is 19.9. The van der Waals surface area contributed by atoms with E-state index < -0.39 is 41.3 Å². The molecule has 1 amide bonds. The number of carbonyl (C=O) groups excluding carboxylic acids is 3. The Morgan fingerprint density at radius 3 is 2.00 bits per heavy atom. The van der Waals surface area contributed by atoms with Crippen LogP contribution in [0.15, 0.2) is 102 Å². The second-order valence-corrected chi connectivity index (χ2v) is 10.1. The van der Waals surface area contributed by atoms with E-state index in [-0.39, 0.29) is 23.5 Å². The van der Waals surface area contributed by atoms with Crippen molar-refractivity contribution in [2.75, 3.05) is 6.61 Å². The number of thioether (sulfide) groups is 1. The van der Waals surface area contributed by atoms with Crippen LogP contribution >= 0.6 is 11.8 Å². The van der Waals surface area contributed by atoms with Gasteiger partial charge in [-0.2, -0.15) is 0 Å². The van der Waals surface area contributed by atoms with Crippen molar-refractivity contribution < 1.29 is 24.2 Å². The number of aliphatic hydroxyl groups excluding tert-OH is 1. The molecule has 3 N–H and O–H groups in total. The van der Waals surface area contributed by atoms with Gasteiger partial charge in [-0.1, -0.05) is 91.0 Å². The van der Waals surface area contributed by atoms with Crippen molar-refractivity contribution in [2.45, 2.75) is 29.2 Å². The minimum absolute atomic E-state index is 0.0961. The zero-order chi connectivity index (χ0) is 25.9. The van der Waals surface area contributed by atoms with Crippen LogP contribution < -0.4 is 5.73 Å². The summed E-state index contributed by atoms with van der Waals surface area (Å²) >= 11 is 1.19. The Balaban J connectivity index is 1.51. The molecule has 5 rings (SSSR count). The molecule has 37 heavy (non-hydrogen) atoms. The van der Waals surface area contributed by atoms with Gasteiger partial charge in [0.1, 0.15) is 17.1 Å². The fraction of sp³-hybridized carbons (Fsp3) is 0.207. The maximum atomic E-state index is 13.7. The van der Waals surface area contributed by atoms with Gasteiger partial charge in [-0.3, -0.25) is 14.5 Å². The summed E-state index contributed by atoms with van der Waals surface area (Å²) < 4.78 is 6.01. The first kappa shape index (κ1) is 25.0. The third-order valence-electron chi connectivity index (χ3n) is 6.53. The van der Waals surface area contributed by atoms with Crippen LogP contribution in [0, 0.1) is 0 Å². The number of hydrogen-bond donors (Lipinski definition) is 2. The van der Waals surface area contributed by atoms with E-state index in [9.17, 15) is 19.5 Å². The van der Waals surface area contributed by atoms with E-state index in [4.69, 9.17) is 10.5 Å². The number of rotatable bonds is 8. The van der Waals surface area contributed by atoms with Crippen LogP contribution in [0.2, 0.25) is 0 Å². The summed E-state index contributed by atoms with van der Waals surface area (Å²) in [5.41, 5.74) is 8.44. The molecule has 0 radical (unpaired) electrons. The van der Waals surface area contributed by atoms with Gasteiger partial charge >= 0.3 is 5.97 Å². The van der Waals surface area contributed by atoms with Gasteiger partial charge in [0.15, 0.2) is 11.9 Å². The van der Waals surface area contributed by atoms with Crippen molar-refractivity contribution in [3.8, 4) is 0 Å². The third kappa shape index (κ3) is 4.83. The Hall–Kier alpha value is -3.72. The lowest BCUT2D eigenvalue weighted by Crippen LogP contribution is -2.69. The molecule has 7 nitrogen and oxygen atoms in total. The molecular weight excluding hydrogens is 488 g/mol. The van der Waals surface area contributed by atoms with Crippen LogP contribution in [0.1, 0.15) is 22.8 Å². The first-order chi connectivity index (χ1) is 18.0. The van der Waals surface area contributed by atoms with Crippen LogP contribution in [0.5, 0.6) is 0 Å². The summed E-state index contributed by atoms with van der Waals surface area (Å²) in [5.74, 6) is -1.41. The molecule has 2 aliphatic heterocycles. The predicted molar refractivity (Wildman–Crippen MR) is 140 cm³/mol. The fourth-order valence-corrected chi connectivity index (χ4v) is 6.15. The van der Waals surface area contributed by atoms with E-state index in [1.165, 1.54) is 16.7 Å². The first-order valence-electron chi connectivity index (χ1n) is 11.9. The number of amides is 1. The number of nitrogens with zero attached hydrogens (tertiary/aromatic N) is 1. The van der Waals surface area contributed by atoms with Crippen LogP contribution in [0.4, 0.5) is 0 Å². The Morgan fingerprint density at radius 1 is 0.919 bits per heavy atom. The SMILES string of the molecule is NC1C(=O)N2C(C(=O)OC(c3ccccc3)c3ccccc3)=C(CO)C(C(=O)Cc3ccccc3)S[C@H]12. The summed E-state index contributed by atoms with van der Waals surface area (Å²) in [6.07, 6.45) is -0.629. The van der Waals surface area contributed by atoms with Crippen molar-refractivity contribution in [1.82, 2.24) is 4.90 Å². The molecule has 8 heteroatoms. The molecule has 0 spiro atoms. The molecular formula is C29H26N2O5S. The smallest absolute Gasteiger partial charge is 0.356 e. The lowest BCUT2D eigenvalue weighted by Gasteiger charge is -2.50. The lowest BCUT2D eigenvalue weighted by atomic mass is 9.97. The molecule has 3 atom stereocenters. The molecule has 188 valence electrons. The quantitative estimate of drug-likeness (QED) is 0.351. The minimum atomic E-state index is -0.848. The standard InChI is InChI=1S/C29H26N2O5S/c30-23-27(34)31-24(21(17-32)26(37-28(23)31)22(33)16-18-10-4-1-5-11-18)29(35)36-25(19-12-6-2-7-13-19)20-14-8-3-9-15-20/h1-15,23,25-26,28,32H,16-17,30H2/t23?,26?,28-/m1/s1. The maximum absolute atomic E-state index is 13.7. The highest BCUT2D eigenvalue weighted by atomic mass is 32.2. The average Bonchev–Trinajstić information content (AvgIpc) is 2.95. The highest BCUT2D eigenvalue weighted by molar-refractivity contribution is 8.01. The maximum Gasteiger partial charge on any atom is 0.356 e. The van der Waals surface area contributed by atoms with Crippen molar-refractivity contribution in [2.24, 2.45) is 5.73 Å². The molecule has 1 fully saturated rings. The van der Waals surface area contributed by atoms with Crippen LogP contribution in [-0.2, 0) is 25.5 Å². The molecule has 0 bridgehead atoms. The van der Waals surface area contributed by atoms with Crippen LogP contribution in [0.3, 0.4) is 0 Å². The second kappa shape index (κ2) is 10.7. The average molecular weight is 515 g/mol. The number of fused-ring (bicyclic) bond motifs is 1. The van der Waals surface area contributed by atoms with Gasteiger partial charge in [-0.05, 0) is 16.7 Å². The molecule has 0 aliphatic carbocycles. The molecule has 3 aromatic rings. The van der Waals surface area contributed by atoms with Gasteiger partial charge in [0.05, 0.1) is 11.9 Å². The second-order valence-electron chi connectivity index (χ2n) is 8.91. The summed E-state index contributed by atoms with van der Waals surface area (Å²) in [4.78, 5) is 41.1. The number of esters is 1. The van der Waals surface area contributed by atoms with Crippen molar-refractivity contribution in [3.05, 3.63) is 119 Å². The number of ether oxygens (including phenoxy) is 1. The Kier molecular flexibility index (Phi) is 7.23.